The van der Waals surface area contributed by atoms with Crippen LogP contribution in [0.3, 0.4) is 0 Å². The van der Waals surface area contributed by atoms with Crippen molar-refractivity contribution >= 4 is 15.9 Å². The Morgan fingerprint density at radius 3 is 2.22 bits per heavy atom. The normalized spacial score (nSPS) is 11.0. The van der Waals surface area contributed by atoms with Crippen LogP contribution >= 0.6 is 15.9 Å². The molecule has 0 bridgehead atoms. The van der Waals surface area contributed by atoms with Gasteiger partial charge in [0, 0.05) is 19.3 Å². The van der Waals surface area contributed by atoms with E-state index in [1.54, 1.807) is 0 Å². The molecule has 0 fully saturated rings. The lowest BCUT2D eigenvalue weighted by molar-refractivity contribution is -0.152. The van der Waals surface area contributed by atoms with Gasteiger partial charge in [0.05, 0.1) is 4.47 Å². The van der Waals surface area contributed by atoms with Gasteiger partial charge in [-0.1, -0.05) is 0 Å². The molecule has 0 aliphatic rings. The topological polar surface area (TPSA) is 27.7 Å². The molecule has 1 rings (SSSR count). The first-order chi connectivity index (χ1) is 8.58. The van der Waals surface area contributed by atoms with Crippen LogP contribution in [-0.4, -0.2) is 26.1 Å². The first-order valence-corrected chi connectivity index (χ1v) is 6.38. The summed E-state index contributed by atoms with van der Waals surface area (Å²) in [6, 6.07) is 2.00. The quantitative estimate of drug-likeness (QED) is 0.567. The Kier molecular flexibility index (Phi) is 6.52. The summed E-state index contributed by atoms with van der Waals surface area (Å²) in [4.78, 5) is 0. The van der Waals surface area contributed by atoms with Crippen molar-refractivity contribution in [1.82, 2.24) is 0 Å². The van der Waals surface area contributed by atoms with E-state index in [9.17, 15) is 8.78 Å². The first-order valence-electron chi connectivity index (χ1n) is 5.59. The van der Waals surface area contributed by atoms with Crippen LogP contribution in [0.15, 0.2) is 16.6 Å². The van der Waals surface area contributed by atoms with E-state index < -0.39 is 17.9 Å². The molecule has 0 spiro atoms. The lowest BCUT2D eigenvalue weighted by Crippen LogP contribution is -2.25. The van der Waals surface area contributed by atoms with Gasteiger partial charge in [0.2, 0.25) is 0 Å². The molecule has 0 saturated heterocycles. The molecule has 0 unspecified atom stereocenters. The third-order valence-corrected chi connectivity index (χ3v) is 2.67. The summed E-state index contributed by atoms with van der Waals surface area (Å²) in [5, 5.41) is 0. The van der Waals surface area contributed by atoms with Crippen LogP contribution in [0.25, 0.3) is 0 Å². The van der Waals surface area contributed by atoms with Gasteiger partial charge >= 0.3 is 0 Å². The van der Waals surface area contributed by atoms with Gasteiger partial charge in [-0.05, 0) is 35.8 Å². The van der Waals surface area contributed by atoms with E-state index in [0.29, 0.717) is 17.7 Å². The fraction of sp³-hybridized carbons (Fsp3) is 0.500. The maximum Gasteiger partial charge on any atom is 0.191 e. The highest BCUT2D eigenvalue weighted by Crippen LogP contribution is 2.27. The smallest absolute Gasteiger partial charge is 0.191 e. The Labute approximate surface area is 113 Å². The third kappa shape index (κ3) is 4.51. The van der Waals surface area contributed by atoms with Gasteiger partial charge in [0.15, 0.2) is 17.9 Å². The average molecular weight is 325 g/mol. The molecular weight excluding hydrogens is 310 g/mol. The summed E-state index contributed by atoms with van der Waals surface area (Å²) < 4.78 is 42.1. The predicted octanol–water partition coefficient (Wildman–Crippen LogP) is 3.51. The van der Waals surface area contributed by atoms with Crippen molar-refractivity contribution in [3.63, 3.8) is 0 Å². The number of ether oxygens (including phenoxy) is 3. The van der Waals surface area contributed by atoms with Gasteiger partial charge in [0.25, 0.3) is 0 Å². The lowest BCUT2D eigenvalue weighted by atomic mass is 10.3. The fourth-order valence-corrected chi connectivity index (χ4v) is 1.72. The molecule has 0 aromatic heterocycles. The van der Waals surface area contributed by atoms with E-state index in [2.05, 4.69) is 15.9 Å². The zero-order chi connectivity index (χ0) is 13.5. The number of halogens is 3. The molecule has 1 aromatic rings. The van der Waals surface area contributed by atoms with E-state index in [4.69, 9.17) is 14.2 Å². The van der Waals surface area contributed by atoms with Gasteiger partial charge in [-0.2, -0.15) is 0 Å². The van der Waals surface area contributed by atoms with Gasteiger partial charge in [-0.25, -0.2) is 8.78 Å². The van der Waals surface area contributed by atoms with E-state index >= 15 is 0 Å². The maximum absolute atomic E-state index is 13.0. The SMILES string of the molecule is CCOC(COc1cc(F)c(F)cc1Br)OCC. The Balaban J connectivity index is 2.64. The molecule has 0 heterocycles. The van der Waals surface area contributed by atoms with Gasteiger partial charge in [-0.3, -0.25) is 0 Å². The van der Waals surface area contributed by atoms with Gasteiger partial charge in [-0.15, -0.1) is 0 Å². The van der Waals surface area contributed by atoms with Crippen LogP contribution < -0.4 is 4.74 Å². The van der Waals surface area contributed by atoms with E-state index in [1.807, 2.05) is 13.8 Å². The maximum atomic E-state index is 13.0. The molecule has 102 valence electrons. The molecule has 0 aliphatic heterocycles. The van der Waals surface area contributed by atoms with Crippen LogP contribution in [-0.2, 0) is 9.47 Å². The minimum absolute atomic E-state index is 0.103. The molecule has 0 N–H and O–H groups in total. The van der Waals surface area contributed by atoms with Crippen molar-refractivity contribution in [3.05, 3.63) is 28.2 Å². The molecule has 6 heteroatoms. The lowest BCUT2D eigenvalue weighted by Gasteiger charge is -2.18. The van der Waals surface area contributed by atoms with Crippen molar-refractivity contribution in [1.29, 1.82) is 0 Å². The standard InChI is InChI=1S/C12H15BrF2O3/c1-3-16-12(17-4-2)7-18-11-6-10(15)9(14)5-8(11)13/h5-6,12H,3-4,7H2,1-2H3. The van der Waals surface area contributed by atoms with Crippen molar-refractivity contribution < 1.29 is 23.0 Å². The largest absolute Gasteiger partial charge is 0.487 e. The average Bonchev–Trinajstić information content (AvgIpc) is 2.32. The number of rotatable bonds is 7. The monoisotopic (exact) mass is 324 g/mol. The fourth-order valence-electron chi connectivity index (χ4n) is 1.29. The summed E-state index contributed by atoms with van der Waals surface area (Å²) in [5.74, 6) is -1.68. The summed E-state index contributed by atoms with van der Waals surface area (Å²) in [6.45, 7) is 4.73. The number of benzene rings is 1. The summed E-state index contributed by atoms with van der Waals surface area (Å²) in [6.07, 6.45) is -0.528. The molecular formula is C12H15BrF2O3. The van der Waals surface area contributed by atoms with Gasteiger partial charge < -0.3 is 14.2 Å². The zero-order valence-electron chi connectivity index (χ0n) is 10.2. The van der Waals surface area contributed by atoms with Gasteiger partial charge in [0.1, 0.15) is 12.4 Å². The highest BCUT2D eigenvalue weighted by molar-refractivity contribution is 9.10. The highest BCUT2D eigenvalue weighted by atomic mass is 79.9. The van der Waals surface area contributed by atoms with Crippen molar-refractivity contribution in [2.24, 2.45) is 0 Å². The third-order valence-electron chi connectivity index (χ3n) is 2.05. The summed E-state index contributed by atoms with van der Waals surface area (Å²) in [5.41, 5.74) is 0. The predicted molar refractivity (Wildman–Crippen MR) is 66.6 cm³/mol. The second kappa shape index (κ2) is 7.66. The number of hydrogen-bond acceptors (Lipinski definition) is 3. The Morgan fingerprint density at radius 1 is 1.11 bits per heavy atom. The summed E-state index contributed by atoms with van der Waals surface area (Å²) in [7, 11) is 0. The van der Waals surface area contributed by atoms with Crippen LogP contribution in [0.2, 0.25) is 0 Å². The highest BCUT2D eigenvalue weighted by Gasteiger charge is 2.13. The van der Waals surface area contributed by atoms with Crippen molar-refractivity contribution in [2.45, 2.75) is 20.1 Å². The number of hydrogen-bond donors (Lipinski definition) is 0. The molecule has 0 radical (unpaired) electrons. The molecule has 0 amide bonds. The molecule has 3 nitrogen and oxygen atoms in total. The second-order valence-corrected chi connectivity index (χ2v) is 4.20. The van der Waals surface area contributed by atoms with Crippen LogP contribution in [0, 0.1) is 11.6 Å². The first kappa shape index (κ1) is 15.3. The van der Waals surface area contributed by atoms with E-state index in [-0.39, 0.29) is 12.4 Å². The minimum Gasteiger partial charge on any atom is -0.487 e. The Bertz CT molecular complexity index is 382. The molecule has 0 atom stereocenters. The van der Waals surface area contributed by atoms with Crippen molar-refractivity contribution in [2.75, 3.05) is 19.8 Å². The van der Waals surface area contributed by atoms with E-state index in [1.165, 1.54) is 0 Å². The Morgan fingerprint density at radius 2 is 1.67 bits per heavy atom. The molecule has 0 saturated carbocycles. The van der Waals surface area contributed by atoms with Crippen LogP contribution in [0.5, 0.6) is 5.75 Å². The van der Waals surface area contributed by atoms with E-state index in [0.717, 1.165) is 12.1 Å². The molecule has 18 heavy (non-hydrogen) atoms. The zero-order valence-corrected chi connectivity index (χ0v) is 11.8. The van der Waals surface area contributed by atoms with Crippen LogP contribution in [0.4, 0.5) is 8.78 Å². The van der Waals surface area contributed by atoms with Crippen LogP contribution in [0.1, 0.15) is 13.8 Å². The van der Waals surface area contributed by atoms with Crippen molar-refractivity contribution in [3.8, 4) is 5.75 Å². The minimum atomic E-state index is -0.961. The Hall–Kier alpha value is -0.720. The molecule has 0 aliphatic carbocycles. The second-order valence-electron chi connectivity index (χ2n) is 3.35. The summed E-state index contributed by atoms with van der Waals surface area (Å²) >= 11 is 3.10. The molecule has 1 aromatic carbocycles.